The van der Waals surface area contributed by atoms with Gasteiger partial charge >= 0.3 is 0 Å². The van der Waals surface area contributed by atoms with Crippen molar-refractivity contribution in [1.82, 2.24) is 5.32 Å². The van der Waals surface area contributed by atoms with E-state index in [2.05, 4.69) is 26.1 Å². The molecular weight excluding hydrogens is 368 g/mol. The van der Waals surface area contributed by atoms with Crippen LogP contribution in [0.25, 0.3) is 0 Å². The van der Waals surface area contributed by atoms with E-state index in [1.54, 1.807) is 24.1 Å². The fourth-order valence-corrected chi connectivity index (χ4v) is 3.03. The molecule has 2 aromatic carbocycles. The van der Waals surface area contributed by atoms with Crippen molar-refractivity contribution >= 4 is 17.5 Å². The summed E-state index contributed by atoms with van der Waals surface area (Å²) in [5.41, 5.74) is 1.85. The molecule has 0 fully saturated rings. The molecule has 6 nitrogen and oxygen atoms in total. The third kappa shape index (κ3) is 6.24. The maximum atomic E-state index is 12.3. The number of hydrogen-bond donors (Lipinski definition) is 1. The molecule has 156 valence electrons. The van der Waals surface area contributed by atoms with E-state index in [-0.39, 0.29) is 23.8 Å². The van der Waals surface area contributed by atoms with Crippen molar-refractivity contribution in [2.45, 2.75) is 33.1 Å². The Morgan fingerprint density at radius 3 is 2.24 bits per heavy atom. The van der Waals surface area contributed by atoms with E-state index >= 15 is 0 Å². The molecule has 0 aromatic heterocycles. The van der Waals surface area contributed by atoms with Crippen LogP contribution in [0.2, 0.25) is 0 Å². The van der Waals surface area contributed by atoms with Gasteiger partial charge in [-0.1, -0.05) is 51.1 Å². The third-order valence-corrected chi connectivity index (χ3v) is 4.47. The van der Waals surface area contributed by atoms with Crippen LogP contribution < -0.4 is 19.7 Å². The van der Waals surface area contributed by atoms with Gasteiger partial charge < -0.3 is 19.7 Å². The van der Waals surface area contributed by atoms with Gasteiger partial charge in [0.2, 0.25) is 5.91 Å². The van der Waals surface area contributed by atoms with Gasteiger partial charge in [0.25, 0.3) is 5.91 Å². The van der Waals surface area contributed by atoms with Gasteiger partial charge in [0.1, 0.15) is 0 Å². The zero-order valence-electron chi connectivity index (χ0n) is 17.8. The average Bonchev–Trinajstić information content (AvgIpc) is 2.69. The molecule has 0 spiro atoms. The normalized spacial score (nSPS) is 10.9. The highest BCUT2D eigenvalue weighted by atomic mass is 16.5. The predicted molar refractivity (Wildman–Crippen MR) is 115 cm³/mol. The van der Waals surface area contributed by atoms with Crippen LogP contribution in [0.15, 0.2) is 48.5 Å². The first-order valence-electron chi connectivity index (χ1n) is 9.64. The summed E-state index contributed by atoms with van der Waals surface area (Å²) in [6, 6.07) is 15.0. The highest BCUT2D eigenvalue weighted by Crippen LogP contribution is 2.31. The second-order valence-electron chi connectivity index (χ2n) is 7.73. The number of ether oxygens (including phenoxy) is 2. The first-order chi connectivity index (χ1) is 13.7. The standard InChI is InChI=1S/C23H30N2O4/c1-17(26)25(19-11-7-6-10-18(19)23(2,3)4)15-14-24-22(27)16-29-21-13-9-8-12-20(21)28-5/h6-13H,14-16H2,1-5H3,(H,24,27). The lowest BCUT2D eigenvalue weighted by Gasteiger charge is -2.29. The van der Waals surface area contributed by atoms with Crippen molar-refractivity contribution in [3.63, 3.8) is 0 Å². The Morgan fingerprint density at radius 1 is 1.00 bits per heavy atom. The van der Waals surface area contributed by atoms with Gasteiger partial charge in [0.05, 0.1) is 7.11 Å². The molecule has 29 heavy (non-hydrogen) atoms. The Kier molecular flexibility index (Phi) is 7.65. The van der Waals surface area contributed by atoms with Crippen molar-refractivity contribution in [2.24, 2.45) is 0 Å². The fraction of sp³-hybridized carbons (Fsp3) is 0.391. The van der Waals surface area contributed by atoms with E-state index in [4.69, 9.17) is 9.47 Å². The first-order valence-corrected chi connectivity index (χ1v) is 9.64. The van der Waals surface area contributed by atoms with Gasteiger partial charge in [-0.25, -0.2) is 0 Å². The summed E-state index contributed by atoms with van der Waals surface area (Å²) in [4.78, 5) is 26.1. The molecule has 0 aliphatic rings. The zero-order chi connectivity index (χ0) is 21.4. The van der Waals surface area contributed by atoms with Crippen LogP contribution in [0.5, 0.6) is 11.5 Å². The molecule has 2 amide bonds. The monoisotopic (exact) mass is 398 g/mol. The number of methoxy groups -OCH3 is 1. The molecule has 0 radical (unpaired) electrons. The molecule has 0 unspecified atom stereocenters. The van der Waals surface area contributed by atoms with Gasteiger partial charge in [-0.15, -0.1) is 0 Å². The molecule has 0 atom stereocenters. The molecule has 0 saturated carbocycles. The number of nitrogens with one attached hydrogen (secondary N) is 1. The van der Waals surface area contributed by atoms with Crippen molar-refractivity contribution in [3.05, 3.63) is 54.1 Å². The number of anilines is 1. The van der Waals surface area contributed by atoms with E-state index in [1.807, 2.05) is 36.4 Å². The summed E-state index contributed by atoms with van der Waals surface area (Å²) in [7, 11) is 1.55. The van der Waals surface area contributed by atoms with Crippen LogP contribution in [-0.2, 0) is 15.0 Å². The Hall–Kier alpha value is -3.02. The SMILES string of the molecule is COc1ccccc1OCC(=O)NCCN(C(C)=O)c1ccccc1C(C)(C)C. The Bertz CT molecular complexity index is 843. The summed E-state index contributed by atoms with van der Waals surface area (Å²) in [5, 5.41) is 2.81. The second-order valence-corrected chi connectivity index (χ2v) is 7.73. The van der Waals surface area contributed by atoms with Crippen molar-refractivity contribution in [1.29, 1.82) is 0 Å². The quantitative estimate of drug-likeness (QED) is 0.739. The Balaban J connectivity index is 1.95. The average molecular weight is 399 g/mol. The molecule has 0 aliphatic carbocycles. The minimum atomic E-state index is -0.261. The lowest BCUT2D eigenvalue weighted by molar-refractivity contribution is -0.123. The maximum Gasteiger partial charge on any atom is 0.258 e. The molecule has 0 aliphatic heterocycles. The van der Waals surface area contributed by atoms with Gasteiger partial charge in [0, 0.05) is 25.7 Å². The predicted octanol–water partition coefficient (Wildman–Crippen LogP) is 3.54. The van der Waals surface area contributed by atoms with Gasteiger partial charge in [-0.05, 0) is 29.2 Å². The number of hydrogen-bond acceptors (Lipinski definition) is 4. The lowest BCUT2D eigenvalue weighted by atomic mass is 9.85. The van der Waals surface area contributed by atoms with E-state index in [9.17, 15) is 9.59 Å². The molecular formula is C23H30N2O4. The van der Waals surface area contributed by atoms with Crippen molar-refractivity contribution in [2.75, 3.05) is 31.7 Å². The Labute approximate surface area is 172 Å². The molecule has 0 saturated heterocycles. The zero-order valence-corrected chi connectivity index (χ0v) is 17.8. The third-order valence-electron chi connectivity index (χ3n) is 4.47. The molecule has 2 aromatic rings. The van der Waals surface area contributed by atoms with Gasteiger partial charge in [-0.3, -0.25) is 9.59 Å². The number of carbonyl (C=O) groups is 2. The largest absolute Gasteiger partial charge is 0.493 e. The summed E-state index contributed by atoms with van der Waals surface area (Å²) in [5.74, 6) is 0.751. The van der Waals surface area contributed by atoms with Crippen LogP contribution in [0.4, 0.5) is 5.69 Å². The summed E-state index contributed by atoms with van der Waals surface area (Å²) in [6.07, 6.45) is 0. The summed E-state index contributed by atoms with van der Waals surface area (Å²) < 4.78 is 10.7. The minimum absolute atomic E-state index is 0.0683. The molecule has 0 heterocycles. The van der Waals surface area contributed by atoms with Crippen LogP contribution in [-0.4, -0.2) is 38.6 Å². The number of benzene rings is 2. The molecule has 2 rings (SSSR count). The van der Waals surface area contributed by atoms with Gasteiger partial charge in [0.15, 0.2) is 18.1 Å². The number of carbonyl (C=O) groups excluding carboxylic acids is 2. The van der Waals surface area contributed by atoms with Crippen LogP contribution >= 0.6 is 0 Å². The number of rotatable bonds is 8. The Morgan fingerprint density at radius 2 is 1.62 bits per heavy atom. The number of nitrogens with zero attached hydrogens (tertiary/aromatic N) is 1. The van der Waals surface area contributed by atoms with Crippen molar-refractivity contribution in [3.8, 4) is 11.5 Å². The van der Waals surface area contributed by atoms with E-state index in [1.165, 1.54) is 6.92 Å². The molecule has 0 bridgehead atoms. The van der Waals surface area contributed by atoms with E-state index in [0.717, 1.165) is 11.3 Å². The first kappa shape index (κ1) is 22.3. The highest BCUT2D eigenvalue weighted by molar-refractivity contribution is 5.92. The molecule has 6 heteroatoms. The fourth-order valence-electron chi connectivity index (χ4n) is 3.03. The molecule has 1 N–H and O–H groups in total. The van der Waals surface area contributed by atoms with Gasteiger partial charge in [-0.2, -0.15) is 0 Å². The van der Waals surface area contributed by atoms with Crippen LogP contribution in [0, 0.1) is 0 Å². The second kappa shape index (κ2) is 9.96. The number of amides is 2. The van der Waals surface area contributed by atoms with Crippen molar-refractivity contribution < 1.29 is 19.1 Å². The lowest BCUT2D eigenvalue weighted by Crippen LogP contribution is -2.40. The van der Waals surface area contributed by atoms with Crippen LogP contribution in [0.1, 0.15) is 33.3 Å². The smallest absolute Gasteiger partial charge is 0.258 e. The van der Waals surface area contributed by atoms with E-state index < -0.39 is 0 Å². The summed E-state index contributed by atoms with van der Waals surface area (Å²) in [6.45, 7) is 8.45. The topological polar surface area (TPSA) is 67.9 Å². The van der Waals surface area contributed by atoms with E-state index in [0.29, 0.717) is 24.6 Å². The highest BCUT2D eigenvalue weighted by Gasteiger charge is 2.22. The van der Waals surface area contributed by atoms with Crippen LogP contribution in [0.3, 0.4) is 0 Å². The summed E-state index contributed by atoms with van der Waals surface area (Å²) >= 11 is 0. The minimum Gasteiger partial charge on any atom is -0.493 e. The number of para-hydroxylation sites is 3. The maximum absolute atomic E-state index is 12.3.